The molecule has 0 amide bonds. The molecule has 0 N–H and O–H groups in total. The molecule has 0 aromatic rings. The van der Waals surface area contributed by atoms with Crippen LogP contribution in [-0.2, 0) is 14.3 Å². The SMILES string of the molecule is C/C=C(\C#CC(=O)OC)OC. The van der Waals surface area contributed by atoms with Crippen molar-refractivity contribution in [3.8, 4) is 11.8 Å². The van der Waals surface area contributed by atoms with Crippen molar-refractivity contribution in [2.24, 2.45) is 0 Å². The van der Waals surface area contributed by atoms with Crippen LogP contribution >= 0.6 is 0 Å². The smallest absolute Gasteiger partial charge is 0.384 e. The van der Waals surface area contributed by atoms with Gasteiger partial charge in [0.15, 0.2) is 5.76 Å². The van der Waals surface area contributed by atoms with Crippen molar-refractivity contribution in [2.45, 2.75) is 6.92 Å². The number of ether oxygens (including phenoxy) is 2. The molecule has 0 heterocycles. The van der Waals surface area contributed by atoms with Crippen LogP contribution in [0.15, 0.2) is 11.8 Å². The maximum Gasteiger partial charge on any atom is 0.384 e. The molecule has 0 bridgehead atoms. The van der Waals surface area contributed by atoms with Crippen LogP contribution in [-0.4, -0.2) is 20.2 Å². The Labute approximate surface area is 66.0 Å². The summed E-state index contributed by atoms with van der Waals surface area (Å²) in [5.74, 6) is 4.60. The summed E-state index contributed by atoms with van der Waals surface area (Å²) in [6.45, 7) is 1.77. The maximum absolute atomic E-state index is 10.5. The predicted molar refractivity (Wildman–Crippen MR) is 40.6 cm³/mol. The first-order valence-corrected chi connectivity index (χ1v) is 3.04. The summed E-state index contributed by atoms with van der Waals surface area (Å²) in [5, 5.41) is 0. The van der Waals surface area contributed by atoms with Crippen molar-refractivity contribution in [1.82, 2.24) is 0 Å². The van der Waals surface area contributed by atoms with Gasteiger partial charge in [0.25, 0.3) is 0 Å². The second kappa shape index (κ2) is 5.36. The quantitative estimate of drug-likeness (QED) is 0.241. The highest BCUT2D eigenvalue weighted by Crippen LogP contribution is 1.90. The lowest BCUT2D eigenvalue weighted by molar-refractivity contribution is -0.133. The van der Waals surface area contributed by atoms with E-state index < -0.39 is 5.97 Å². The fourth-order valence-corrected chi connectivity index (χ4v) is 0.405. The number of carbonyl (C=O) groups excluding carboxylic acids is 1. The molecule has 11 heavy (non-hydrogen) atoms. The van der Waals surface area contributed by atoms with E-state index in [9.17, 15) is 4.79 Å². The fraction of sp³-hybridized carbons (Fsp3) is 0.375. The van der Waals surface area contributed by atoms with Crippen LogP contribution in [0.2, 0.25) is 0 Å². The fourth-order valence-electron chi connectivity index (χ4n) is 0.405. The van der Waals surface area contributed by atoms with Crippen LogP contribution in [0.5, 0.6) is 0 Å². The van der Waals surface area contributed by atoms with Crippen molar-refractivity contribution >= 4 is 5.97 Å². The highest BCUT2D eigenvalue weighted by Gasteiger charge is 1.90. The van der Waals surface area contributed by atoms with E-state index in [1.807, 2.05) is 0 Å². The van der Waals surface area contributed by atoms with E-state index in [-0.39, 0.29) is 0 Å². The minimum atomic E-state index is -0.568. The molecule has 0 spiro atoms. The summed E-state index contributed by atoms with van der Waals surface area (Å²) in [6.07, 6.45) is 1.66. The maximum atomic E-state index is 10.5. The van der Waals surface area contributed by atoms with Gasteiger partial charge in [-0.05, 0) is 18.9 Å². The van der Waals surface area contributed by atoms with Gasteiger partial charge >= 0.3 is 5.97 Å². The Morgan fingerprint density at radius 2 is 1.91 bits per heavy atom. The van der Waals surface area contributed by atoms with Gasteiger partial charge in [-0.1, -0.05) is 0 Å². The number of allylic oxidation sites excluding steroid dienone is 2. The molecule has 0 aliphatic heterocycles. The number of methoxy groups -OCH3 is 2. The normalized spacial score (nSPS) is 9.55. The van der Waals surface area contributed by atoms with E-state index in [0.717, 1.165) is 0 Å². The molecule has 0 fully saturated rings. The molecule has 3 nitrogen and oxygen atoms in total. The third-order valence-electron chi connectivity index (χ3n) is 0.955. The average Bonchev–Trinajstić information content (AvgIpc) is 2.06. The summed E-state index contributed by atoms with van der Waals surface area (Å²) in [7, 11) is 2.76. The minimum Gasteiger partial charge on any atom is -0.489 e. The Morgan fingerprint density at radius 3 is 2.27 bits per heavy atom. The van der Waals surface area contributed by atoms with Crippen LogP contribution in [0.3, 0.4) is 0 Å². The molecule has 0 atom stereocenters. The Bertz CT molecular complexity index is 217. The lowest BCUT2D eigenvalue weighted by Crippen LogP contribution is -1.95. The predicted octanol–water partition coefficient (Wildman–Crippen LogP) is 0.713. The minimum absolute atomic E-state index is 0.454. The molecule has 0 aromatic heterocycles. The Kier molecular flexibility index (Phi) is 4.67. The van der Waals surface area contributed by atoms with Gasteiger partial charge in [-0.15, -0.1) is 0 Å². The van der Waals surface area contributed by atoms with Gasteiger partial charge in [0.2, 0.25) is 0 Å². The summed E-state index contributed by atoms with van der Waals surface area (Å²) in [4.78, 5) is 10.5. The Morgan fingerprint density at radius 1 is 1.27 bits per heavy atom. The van der Waals surface area contributed by atoms with Crippen LogP contribution < -0.4 is 0 Å². The van der Waals surface area contributed by atoms with Crippen molar-refractivity contribution in [1.29, 1.82) is 0 Å². The molecule has 0 saturated carbocycles. The molecule has 0 aromatic carbocycles. The topological polar surface area (TPSA) is 35.5 Å². The average molecular weight is 154 g/mol. The third kappa shape index (κ3) is 4.04. The van der Waals surface area contributed by atoms with Gasteiger partial charge in [0, 0.05) is 5.92 Å². The zero-order valence-electron chi connectivity index (χ0n) is 6.80. The molecule has 0 aliphatic rings. The van der Waals surface area contributed by atoms with E-state index in [0.29, 0.717) is 5.76 Å². The van der Waals surface area contributed by atoms with Crippen molar-refractivity contribution in [2.75, 3.05) is 14.2 Å². The number of rotatable bonds is 1. The summed E-state index contributed by atoms with van der Waals surface area (Å²) >= 11 is 0. The van der Waals surface area contributed by atoms with Gasteiger partial charge in [-0.3, -0.25) is 0 Å². The molecular weight excluding hydrogens is 144 g/mol. The molecule has 60 valence electrons. The molecule has 3 heteroatoms. The van der Waals surface area contributed by atoms with E-state index in [1.54, 1.807) is 13.0 Å². The van der Waals surface area contributed by atoms with E-state index in [4.69, 9.17) is 4.74 Å². The Balaban J connectivity index is 4.16. The second-order valence-corrected chi connectivity index (χ2v) is 1.60. The van der Waals surface area contributed by atoms with Crippen molar-refractivity contribution in [3.05, 3.63) is 11.8 Å². The summed E-state index contributed by atoms with van der Waals surface area (Å²) in [6, 6.07) is 0. The number of esters is 1. The van der Waals surface area contributed by atoms with Crippen molar-refractivity contribution in [3.63, 3.8) is 0 Å². The van der Waals surface area contributed by atoms with E-state index in [2.05, 4.69) is 16.6 Å². The lowest BCUT2D eigenvalue weighted by atomic mass is 10.4. The zero-order valence-corrected chi connectivity index (χ0v) is 6.80. The van der Waals surface area contributed by atoms with E-state index in [1.165, 1.54) is 14.2 Å². The molecule has 0 radical (unpaired) electrons. The molecule has 0 aliphatic carbocycles. The number of hydrogen-bond acceptors (Lipinski definition) is 3. The first-order chi connectivity index (χ1) is 5.24. The molecule has 0 unspecified atom stereocenters. The molecule has 0 rings (SSSR count). The highest BCUT2D eigenvalue weighted by molar-refractivity contribution is 5.88. The third-order valence-corrected chi connectivity index (χ3v) is 0.955. The summed E-state index contributed by atoms with van der Waals surface area (Å²) in [5.41, 5.74) is 0. The zero-order chi connectivity index (χ0) is 8.69. The van der Waals surface area contributed by atoms with Gasteiger partial charge in [0.1, 0.15) is 0 Å². The van der Waals surface area contributed by atoms with Gasteiger partial charge in [0.05, 0.1) is 14.2 Å². The molecule has 0 saturated heterocycles. The van der Waals surface area contributed by atoms with Gasteiger partial charge in [-0.25, -0.2) is 4.79 Å². The first kappa shape index (κ1) is 9.57. The highest BCUT2D eigenvalue weighted by atomic mass is 16.5. The Hall–Kier alpha value is -1.43. The molecular formula is C8H10O3. The van der Waals surface area contributed by atoms with E-state index >= 15 is 0 Å². The lowest BCUT2D eigenvalue weighted by Gasteiger charge is -1.92. The summed E-state index contributed by atoms with van der Waals surface area (Å²) < 4.78 is 9.07. The van der Waals surface area contributed by atoms with Gasteiger partial charge < -0.3 is 9.47 Å². The monoisotopic (exact) mass is 154 g/mol. The second-order valence-electron chi connectivity index (χ2n) is 1.60. The van der Waals surface area contributed by atoms with Crippen LogP contribution in [0, 0.1) is 11.8 Å². The van der Waals surface area contributed by atoms with Crippen LogP contribution in [0.4, 0.5) is 0 Å². The first-order valence-electron chi connectivity index (χ1n) is 3.04. The van der Waals surface area contributed by atoms with Crippen molar-refractivity contribution < 1.29 is 14.3 Å². The number of carbonyl (C=O) groups is 1. The van der Waals surface area contributed by atoms with Crippen LogP contribution in [0.25, 0.3) is 0 Å². The number of hydrogen-bond donors (Lipinski definition) is 0. The largest absolute Gasteiger partial charge is 0.489 e. The van der Waals surface area contributed by atoms with Gasteiger partial charge in [-0.2, -0.15) is 0 Å². The standard InChI is InChI=1S/C8H10O3/c1-4-7(10-2)5-6-8(9)11-3/h4H,1-3H3/b7-4+. The van der Waals surface area contributed by atoms with Crippen LogP contribution in [0.1, 0.15) is 6.92 Å².